The minimum absolute atomic E-state index is 0.110. The summed E-state index contributed by atoms with van der Waals surface area (Å²) in [5.74, 6) is 0.110. The van der Waals surface area contributed by atoms with Crippen LogP contribution in [-0.2, 0) is 4.79 Å². The third-order valence-corrected chi connectivity index (χ3v) is 4.74. The van der Waals surface area contributed by atoms with Crippen molar-refractivity contribution in [1.29, 1.82) is 0 Å². The minimum atomic E-state index is -0.399. The number of carbonyl (C=O) groups excluding carboxylic acids is 1. The van der Waals surface area contributed by atoms with Crippen LogP contribution in [0.2, 0.25) is 5.02 Å². The highest BCUT2D eigenvalue weighted by Crippen LogP contribution is 2.25. The van der Waals surface area contributed by atoms with Crippen molar-refractivity contribution in [2.75, 3.05) is 37.6 Å². The smallest absolute Gasteiger partial charge is 0.239 e. The molecule has 1 aromatic rings. The van der Waals surface area contributed by atoms with Crippen LogP contribution >= 0.6 is 11.6 Å². The Kier molecular flexibility index (Phi) is 4.57. The normalized spacial score (nSPS) is 25.6. The predicted octanol–water partition coefficient (Wildman–Crippen LogP) is 1.02. The van der Waals surface area contributed by atoms with Crippen LogP contribution in [0.3, 0.4) is 0 Å². The second-order valence-corrected chi connectivity index (χ2v) is 6.53. The molecule has 0 aliphatic carbocycles. The summed E-state index contributed by atoms with van der Waals surface area (Å²) in [6.07, 6.45) is 0.122. The molecule has 1 aromatic carbocycles. The number of rotatable bonds is 2. The van der Waals surface area contributed by atoms with Gasteiger partial charge in [-0.15, -0.1) is 0 Å². The van der Waals surface area contributed by atoms with Gasteiger partial charge in [-0.1, -0.05) is 17.7 Å². The van der Waals surface area contributed by atoms with Crippen LogP contribution in [0.5, 0.6) is 0 Å². The van der Waals surface area contributed by atoms with Crippen molar-refractivity contribution < 1.29 is 9.90 Å². The first-order valence-electron chi connectivity index (χ1n) is 7.76. The van der Waals surface area contributed by atoms with E-state index in [4.69, 9.17) is 11.6 Å². The molecule has 2 fully saturated rings. The zero-order valence-corrected chi connectivity index (χ0v) is 13.5. The number of aliphatic hydroxyl groups is 1. The molecular weight excluding hydrogens is 302 g/mol. The van der Waals surface area contributed by atoms with Crippen LogP contribution in [0, 0.1) is 6.92 Å². The molecule has 0 aromatic heterocycles. The first-order chi connectivity index (χ1) is 10.5. The number of β-amino-alcohol motifs (C(OH)–C–C–N with tert-alkyl or cyclic N) is 1. The van der Waals surface area contributed by atoms with Gasteiger partial charge in [-0.25, -0.2) is 0 Å². The quantitative estimate of drug-likeness (QED) is 0.853. The second kappa shape index (κ2) is 6.44. The lowest BCUT2D eigenvalue weighted by Gasteiger charge is -2.37. The van der Waals surface area contributed by atoms with E-state index in [0.29, 0.717) is 26.1 Å². The number of hydrogen-bond donors (Lipinski definition) is 2. The summed E-state index contributed by atoms with van der Waals surface area (Å²) >= 11 is 6.09. The Morgan fingerprint density at radius 1 is 1.32 bits per heavy atom. The van der Waals surface area contributed by atoms with E-state index in [1.54, 1.807) is 0 Å². The zero-order valence-electron chi connectivity index (χ0n) is 12.8. The van der Waals surface area contributed by atoms with Crippen molar-refractivity contribution in [3.05, 3.63) is 28.8 Å². The Hall–Kier alpha value is -1.30. The van der Waals surface area contributed by atoms with E-state index in [9.17, 15) is 9.90 Å². The summed E-state index contributed by atoms with van der Waals surface area (Å²) < 4.78 is 0. The Balaban J connectivity index is 1.60. The average Bonchev–Trinajstić information content (AvgIpc) is 2.96. The molecule has 120 valence electrons. The summed E-state index contributed by atoms with van der Waals surface area (Å²) in [6.45, 7) is 5.62. The van der Waals surface area contributed by atoms with Gasteiger partial charge in [0.05, 0.1) is 12.1 Å². The van der Waals surface area contributed by atoms with E-state index in [0.717, 1.165) is 23.8 Å². The van der Waals surface area contributed by atoms with Gasteiger partial charge >= 0.3 is 0 Å². The maximum atomic E-state index is 12.4. The fourth-order valence-corrected chi connectivity index (χ4v) is 3.38. The molecule has 5 nitrogen and oxygen atoms in total. The highest BCUT2D eigenvalue weighted by atomic mass is 35.5. The molecule has 0 radical (unpaired) electrons. The number of nitrogens with zero attached hydrogens (tertiary/aromatic N) is 2. The Morgan fingerprint density at radius 2 is 2.05 bits per heavy atom. The molecule has 2 aliphatic heterocycles. The van der Waals surface area contributed by atoms with Gasteiger partial charge in [0, 0.05) is 43.4 Å². The number of aliphatic hydroxyl groups excluding tert-OH is 1. The third kappa shape index (κ3) is 3.21. The molecule has 2 atom stereocenters. The number of nitrogens with one attached hydrogen (secondary N) is 1. The molecule has 22 heavy (non-hydrogen) atoms. The average molecular weight is 324 g/mol. The molecule has 2 aliphatic rings. The molecule has 3 rings (SSSR count). The van der Waals surface area contributed by atoms with E-state index < -0.39 is 6.10 Å². The van der Waals surface area contributed by atoms with Crippen molar-refractivity contribution in [2.45, 2.75) is 25.5 Å². The van der Waals surface area contributed by atoms with E-state index in [1.807, 2.05) is 23.1 Å². The first-order valence-corrected chi connectivity index (χ1v) is 8.14. The van der Waals surface area contributed by atoms with Crippen LogP contribution in [0.4, 0.5) is 5.69 Å². The maximum Gasteiger partial charge on any atom is 0.239 e. The summed E-state index contributed by atoms with van der Waals surface area (Å²) in [5, 5.41) is 13.4. The Labute approximate surface area is 135 Å². The van der Waals surface area contributed by atoms with E-state index in [-0.39, 0.29) is 11.9 Å². The maximum absolute atomic E-state index is 12.4. The fourth-order valence-electron chi connectivity index (χ4n) is 3.22. The number of halogens is 1. The van der Waals surface area contributed by atoms with Crippen molar-refractivity contribution in [1.82, 2.24) is 10.2 Å². The molecule has 6 heteroatoms. The van der Waals surface area contributed by atoms with E-state index in [1.165, 1.54) is 5.56 Å². The van der Waals surface area contributed by atoms with Crippen molar-refractivity contribution >= 4 is 23.2 Å². The molecule has 2 N–H and O–H groups in total. The van der Waals surface area contributed by atoms with Crippen LogP contribution in [0.25, 0.3) is 0 Å². The van der Waals surface area contributed by atoms with Gasteiger partial charge in [-0.05, 0) is 31.0 Å². The highest BCUT2D eigenvalue weighted by Gasteiger charge is 2.32. The van der Waals surface area contributed by atoms with Gasteiger partial charge in [0.1, 0.15) is 0 Å². The lowest BCUT2D eigenvalue weighted by Crippen LogP contribution is -2.53. The SMILES string of the molecule is Cc1ccc(Cl)cc1N1CCN(C(=O)C2CC(O)CN2)CC1. The molecule has 0 saturated carbocycles. The number of carbonyl (C=O) groups is 1. The van der Waals surface area contributed by atoms with Gasteiger partial charge in [-0.3, -0.25) is 4.79 Å². The minimum Gasteiger partial charge on any atom is -0.392 e. The number of amides is 1. The second-order valence-electron chi connectivity index (χ2n) is 6.09. The number of piperazine rings is 1. The number of benzene rings is 1. The lowest BCUT2D eigenvalue weighted by atomic mass is 10.1. The standard InChI is InChI=1S/C16H22ClN3O2/c1-11-2-3-12(17)8-15(11)19-4-6-20(7-5-19)16(22)14-9-13(21)10-18-14/h2-3,8,13-14,18,21H,4-7,9-10H2,1H3. The zero-order chi connectivity index (χ0) is 15.7. The van der Waals surface area contributed by atoms with Crippen molar-refractivity contribution in [2.24, 2.45) is 0 Å². The molecule has 1 amide bonds. The van der Waals surface area contributed by atoms with Gasteiger partial charge in [0.25, 0.3) is 0 Å². The van der Waals surface area contributed by atoms with E-state index >= 15 is 0 Å². The number of aryl methyl sites for hydroxylation is 1. The van der Waals surface area contributed by atoms with E-state index in [2.05, 4.69) is 17.1 Å². The molecule has 0 spiro atoms. The van der Waals surface area contributed by atoms with Crippen LogP contribution in [0.1, 0.15) is 12.0 Å². The summed E-state index contributed by atoms with van der Waals surface area (Å²) in [7, 11) is 0. The number of hydrogen-bond acceptors (Lipinski definition) is 4. The predicted molar refractivity (Wildman–Crippen MR) is 87.4 cm³/mol. The molecule has 2 saturated heterocycles. The van der Waals surface area contributed by atoms with Crippen LogP contribution in [-0.4, -0.2) is 60.8 Å². The molecule has 2 unspecified atom stereocenters. The lowest BCUT2D eigenvalue weighted by molar-refractivity contribution is -0.133. The van der Waals surface area contributed by atoms with Crippen molar-refractivity contribution in [3.63, 3.8) is 0 Å². The largest absolute Gasteiger partial charge is 0.392 e. The Bertz CT molecular complexity index is 558. The molecule has 0 bridgehead atoms. The first kappa shape index (κ1) is 15.6. The van der Waals surface area contributed by atoms with Crippen LogP contribution in [0.15, 0.2) is 18.2 Å². The van der Waals surface area contributed by atoms with Crippen molar-refractivity contribution in [3.8, 4) is 0 Å². The van der Waals surface area contributed by atoms with Gasteiger partial charge in [0.15, 0.2) is 0 Å². The number of anilines is 1. The molecular formula is C16H22ClN3O2. The van der Waals surface area contributed by atoms with Gasteiger partial charge in [-0.2, -0.15) is 0 Å². The van der Waals surface area contributed by atoms with Gasteiger partial charge in [0.2, 0.25) is 5.91 Å². The van der Waals surface area contributed by atoms with Gasteiger partial charge < -0.3 is 20.2 Å². The summed E-state index contributed by atoms with van der Waals surface area (Å²) in [4.78, 5) is 16.6. The monoisotopic (exact) mass is 323 g/mol. The van der Waals surface area contributed by atoms with Crippen LogP contribution < -0.4 is 10.2 Å². The highest BCUT2D eigenvalue weighted by molar-refractivity contribution is 6.30. The Morgan fingerprint density at radius 3 is 2.68 bits per heavy atom. The summed E-state index contributed by atoms with van der Waals surface area (Å²) in [5.41, 5.74) is 2.35. The summed E-state index contributed by atoms with van der Waals surface area (Å²) in [6, 6.07) is 5.69. The third-order valence-electron chi connectivity index (χ3n) is 4.51. The molecule has 2 heterocycles. The fraction of sp³-hybridized carbons (Fsp3) is 0.562. The topological polar surface area (TPSA) is 55.8 Å².